The van der Waals surface area contributed by atoms with Gasteiger partial charge in [-0.15, -0.1) is 0 Å². The smallest absolute Gasteiger partial charge is 0.313 e. The highest BCUT2D eigenvalue weighted by Crippen LogP contribution is 2.27. The molecular weight excluding hydrogens is 248 g/mol. The highest BCUT2D eigenvalue weighted by atomic mass is 16.5. The van der Waals surface area contributed by atoms with E-state index >= 15 is 0 Å². The average molecular weight is 266 g/mol. The molecule has 0 heterocycles. The number of hydrogen-bond donors (Lipinski definition) is 1. The van der Waals surface area contributed by atoms with Gasteiger partial charge in [0.1, 0.15) is 23.8 Å². The van der Waals surface area contributed by atoms with E-state index in [9.17, 15) is 4.79 Å². The van der Waals surface area contributed by atoms with Gasteiger partial charge in [-0.05, 0) is 6.92 Å². The Morgan fingerprint density at radius 2 is 1.79 bits per heavy atom. The summed E-state index contributed by atoms with van der Waals surface area (Å²) in [6.45, 7) is 2.05. The van der Waals surface area contributed by atoms with Crippen LogP contribution in [0.3, 0.4) is 0 Å². The molecular formula is C13H18N2O4. The van der Waals surface area contributed by atoms with Gasteiger partial charge < -0.3 is 19.9 Å². The summed E-state index contributed by atoms with van der Waals surface area (Å²) in [6, 6.07) is 5.11. The second kappa shape index (κ2) is 7.25. The number of nitrogens with zero attached hydrogens (tertiary/aromatic N) is 1. The maximum atomic E-state index is 11.3. The number of benzene rings is 1. The Labute approximate surface area is 112 Å². The van der Waals surface area contributed by atoms with E-state index in [0.29, 0.717) is 23.8 Å². The van der Waals surface area contributed by atoms with Crippen LogP contribution >= 0.6 is 0 Å². The van der Waals surface area contributed by atoms with Crippen molar-refractivity contribution >= 4 is 17.5 Å². The number of amidine groups is 1. The summed E-state index contributed by atoms with van der Waals surface area (Å²) in [7, 11) is 3.09. The van der Waals surface area contributed by atoms with E-state index in [1.54, 1.807) is 39.3 Å². The van der Waals surface area contributed by atoms with Crippen molar-refractivity contribution in [1.29, 1.82) is 0 Å². The molecule has 0 spiro atoms. The fourth-order valence-electron chi connectivity index (χ4n) is 1.42. The molecule has 0 aromatic heterocycles. The molecule has 6 nitrogen and oxygen atoms in total. The van der Waals surface area contributed by atoms with Gasteiger partial charge in [0.2, 0.25) is 0 Å². The number of ether oxygens (including phenoxy) is 3. The number of esters is 1. The molecule has 0 unspecified atom stereocenters. The molecule has 6 heteroatoms. The van der Waals surface area contributed by atoms with E-state index in [-0.39, 0.29) is 12.3 Å². The lowest BCUT2D eigenvalue weighted by Gasteiger charge is -2.06. The minimum Gasteiger partial charge on any atom is -0.497 e. The maximum absolute atomic E-state index is 11.3. The molecule has 0 aliphatic heterocycles. The topological polar surface area (TPSA) is 83.1 Å². The zero-order valence-electron chi connectivity index (χ0n) is 11.3. The molecule has 1 aromatic carbocycles. The van der Waals surface area contributed by atoms with Crippen molar-refractivity contribution in [2.75, 3.05) is 20.8 Å². The Balaban J connectivity index is 2.87. The SMILES string of the molecule is CCOC(=O)CC(N)=Nc1cc(OC)cc(OC)c1. The molecule has 0 aliphatic rings. The summed E-state index contributed by atoms with van der Waals surface area (Å²) in [5.41, 5.74) is 6.24. The first-order valence-corrected chi connectivity index (χ1v) is 5.80. The van der Waals surface area contributed by atoms with E-state index in [1.807, 2.05) is 0 Å². The molecule has 0 atom stereocenters. The normalized spacial score (nSPS) is 11.0. The molecule has 0 bridgehead atoms. The van der Waals surface area contributed by atoms with E-state index < -0.39 is 5.97 Å². The van der Waals surface area contributed by atoms with Gasteiger partial charge in [0.05, 0.1) is 26.5 Å². The zero-order valence-corrected chi connectivity index (χ0v) is 11.3. The van der Waals surface area contributed by atoms with Crippen molar-refractivity contribution in [3.63, 3.8) is 0 Å². The van der Waals surface area contributed by atoms with Gasteiger partial charge >= 0.3 is 5.97 Å². The fourth-order valence-corrected chi connectivity index (χ4v) is 1.42. The third-order valence-corrected chi connectivity index (χ3v) is 2.24. The lowest BCUT2D eigenvalue weighted by Crippen LogP contribution is -2.18. The first kappa shape index (κ1) is 14.8. The van der Waals surface area contributed by atoms with E-state index in [2.05, 4.69) is 4.99 Å². The summed E-state index contributed by atoms with van der Waals surface area (Å²) >= 11 is 0. The van der Waals surface area contributed by atoms with Crippen LogP contribution in [0.5, 0.6) is 11.5 Å². The first-order valence-electron chi connectivity index (χ1n) is 5.80. The predicted octanol–water partition coefficient (Wildman–Crippen LogP) is 1.65. The predicted molar refractivity (Wildman–Crippen MR) is 72.1 cm³/mol. The number of nitrogens with two attached hydrogens (primary N) is 1. The second-order valence-corrected chi connectivity index (χ2v) is 3.66. The lowest BCUT2D eigenvalue weighted by atomic mass is 10.2. The van der Waals surface area contributed by atoms with Crippen molar-refractivity contribution in [3.05, 3.63) is 18.2 Å². The number of hydrogen-bond acceptors (Lipinski definition) is 5. The van der Waals surface area contributed by atoms with Gasteiger partial charge in [0.15, 0.2) is 0 Å². The van der Waals surface area contributed by atoms with Crippen LogP contribution < -0.4 is 15.2 Å². The van der Waals surface area contributed by atoms with Crippen LogP contribution in [0.1, 0.15) is 13.3 Å². The Hall–Kier alpha value is -2.24. The molecule has 0 saturated heterocycles. The van der Waals surface area contributed by atoms with Crippen molar-refractivity contribution in [2.45, 2.75) is 13.3 Å². The molecule has 0 saturated carbocycles. The van der Waals surface area contributed by atoms with Gasteiger partial charge in [-0.3, -0.25) is 4.79 Å². The third-order valence-electron chi connectivity index (χ3n) is 2.24. The Kier molecular flexibility index (Phi) is 5.66. The van der Waals surface area contributed by atoms with Crippen LogP contribution in [0.2, 0.25) is 0 Å². The van der Waals surface area contributed by atoms with Crippen LogP contribution in [-0.2, 0) is 9.53 Å². The number of rotatable bonds is 6. The zero-order chi connectivity index (χ0) is 14.3. The number of methoxy groups -OCH3 is 2. The second-order valence-electron chi connectivity index (χ2n) is 3.66. The van der Waals surface area contributed by atoms with Crippen LogP contribution in [0, 0.1) is 0 Å². The highest BCUT2D eigenvalue weighted by Gasteiger charge is 2.06. The summed E-state index contributed by atoms with van der Waals surface area (Å²) < 4.78 is 15.0. The van der Waals surface area contributed by atoms with Gasteiger partial charge in [-0.2, -0.15) is 0 Å². The summed E-state index contributed by atoms with van der Waals surface area (Å²) in [6.07, 6.45) is -0.0482. The maximum Gasteiger partial charge on any atom is 0.313 e. The minimum atomic E-state index is -0.404. The number of carbonyl (C=O) groups is 1. The molecule has 0 aliphatic carbocycles. The quantitative estimate of drug-likeness (QED) is 0.481. The third kappa shape index (κ3) is 4.87. The summed E-state index contributed by atoms with van der Waals surface area (Å²) in [4.78, 5) is 15.4. The number of carbonyl (C=O) groups excluding carboxylic acids is 1. The van der Waals surface area contributed by atoms with Crippen molar-refractivity contribution in [1.82, 2.24) is 0 Å². The molecule has 19 heavy (non-hydrogen) atoms. The molecule has 1 rings (SSSR count). The summed E-state index contributed by atoms with van der Waals surface area (Å²) in [5, 5.41) is 0. The van der Waals surface area contributed by atoms with Crippen LogP contribution in [0.25, 0.3) is 0 Å². The molecule has 1 aromatic rings. The molecule has 0 amide bonds. The van der Waals surface area contributed by atoms with Crippen LogP contribution in [-0.4, -0.2) is 32.6 Å². The van der Waals surface area contributed by atoms with E-state index in [1.165, 1.54) is 0 Å². The van der Waals surface area contributed by atoms with Crippen molar-refractivity contribution < 1.29 is 19.0 Å². The monoisotopic (exact) mass is 266 g/mol. The summed E-state index contributed by atoms with van der Waals surface area (Å²) in [5.74, 6) is 0.969. The first-order chi connectivity index (χ1) is 9.08. The Bertz CT molecular complexity index is 449. The molecule has 0 radical (unpaired) electrons. The van der Waals surface area contributed by atoms with Gasteiger partial charge in [0.25, 0.3) is 0 Å². The van der Waals surface area contributed by atoms with Gasteiger partial charge in [-0.1, -0.05) is 0 Å². The average Bonchev–Trinajstić information content (AvgIpc) is 2.38. The lowest BCUT2D eigenvalue weighted by molar-refractivity contribution is -0.141. The van der Waals surface area contributed by atoms with E-state index in [4.69, 9.17) is 19.9 Å². The highest BCUT2D eigenvalue weighted by molar-refractivity contribution is 5.97. The van der Waals surface area contributed by atoms with Crippen molar-refractivity contribution in [2.24, 2.45) is 10.7 Å². The van der Waals surface area contributed by atoms with Crippen LogP contribution in [0.4, 0.5) is 5.69 Å². The van der Waals surface area contributed by atoms with Crippen LogP contribution in [0.15, 0.2) is 23.2 Å². The Morgan fingerprint density at radius 3 is 2.26 bits per heavy atom. The molecule has 2 N–H and O–H groups in total. The van der Waals surface area contributed by atoms with Crippen molar-refractivity contribution in [3.8, 4) is 11.5 Å². The Morgan fingerprint density at radius 1 is 1.21 bits per heavy atom. The molecule has 104 valence electrons. The van der Waals surface area contributed by atoms with Gasteiger partial charge in [0, 0.05) is 18.2 Å². The van der Waals surface area contributed by atoms with Gasteiger partial charge in [-0.25, -0.2) is 4.99 Å². The molecule has 0 fully saturated rings. The standard InChI is InChI=1S/C13H18N2O4/c1-4-19-13(16)8-12(14)15-9-5-10(17-2)7-11(6-9)18-3/h5-7H,4,8H2,1-3H3,(H2,14,15). The number of aliphatic imine (C=N–C) groups is 1. The van der Waals surface area contributed by atoms with E-state index in [0.717, 1.165) is 0 Å². The minimum absolute atomic E-state index is 0.0482. The largest absolute Gasteiger partial charge is 0.497 e. The fraction of sp³-hybridized carbons (Fsp3) is 0.385.